The number of alkyl halides is 3. The van der Waals surface area contributed by atoms with Crippen molar-refractivity contribution >= 4 is 45.8 Å². The van der Waals surface area contributed by atoms with E-state index in [-0.39, 0.29) is 29.7 Å². The maximum atomic E-state index is 13.7. The number of carboxylic acid groups (broad SMARTS) is 1. The molecule has 10 nitrogen and oxygen atoms in total. The van der Waals surface area contributed by atoms with Gasteiger partial charge in [-0.15, -0.1) is 0 Å². The van der Waals surface area contributed by atoms with Gasteiger partial charge < -0.3 is 14.7 Å². The molecule has 2 aliphatic heterocycles. The van der Waals surface area contributed by atoms with Gasteiger partial charge in [0.15, 0.2) is 5.13 Å². The molecule has 0 unspecified atom stereocenters. The third-order valence-electron chi connectivity index (χ3n) is 7.47. The van der Waals surface area contributed by atoms with Crippen molar-refractivity contribution in [2.75, 3.05) is 37.0 Å². The molecule has 1 atom stereocenters. The number of methoxy groups -OCH3 is 1. The number of likely N-dealkylation sites (tertiary alicyclic amines) is 1. The van der Waals surface area contributed by atoms with Gasteiger partial charge in [-0.2, -0.15) is 13.2 Å². The van der Waals surface area contributed by atoms with Crippen molar-refractivity contribution in [1.29, 1.82) is 0 Å². The molecule has 0 radical (unpaired) electrons. The van der Waals surface area contributed by atoms with Crippen LogP contribution in [-0.4, -0.2) is 75.8 Å². The highest BCUT2D eigenvalue weighted by molar-refractivity contribution is 7.16. The number of hydrogen-bond donors (Lipinski definition) is 2. The number of amides is 1. The monoisotopic (exact) mass is 624 g/mol. The standard InChI is InChI=1S/C27H28ClF3N6O4S/c1-41-19-5-4-16(11-17(19)28)23-20(14-37-8-2-3-21(37)27(29,30)31)42-26(34-23)35-24(38)18-12-33-22(13-32-18)36-9-6-15(7-10-36)25(39)40/h4-5,11-13,15,21H,2-3,6-10,14H2,1H3,(H,39,40)(H,34,35,38)/t21-/m0/s1. The molecule has 0 spiro atoms. The number of rotatable bonds is 8. The summed E-state index contributed by atoms with van der Waals surface area (Å²) in [5.41, 5.74) is 1.02. The number of benzene rings is 1. The molecule has 0 saturated carbocycles. The SMILES string of the molecule is COc1ccc(-c2nc(NC(=O)c3cnc(N4CCC(C(=O)O)CC4)cn3)sc2CN2CCC[C@H]2C(F)(F)F)cc1Cl. The Morgan fingerprint density at radius 2 is 1.93 bits per heavy atom. The van der Waals surface area contributed by atoms with Gasteiger partial charge >= 0.3 is 12.1 Å². The highest BCUT2D eigenvalue weighted by Gasteiger charge is 2.46. The maximum absolute atomic E-state index is 13.7. The number of nitrogens with one attached hydrogen (secondary N) is 1. The van der Waals surface area contributed by atoms with Crippen LogP contribution in [0.1, 0.15) is 41.0 Å². The average Bonchev–Trinajstić information content (AvgIpc) is 3.60. The van der Waals surface area contributed by atoms with E-state index in [0.717, 1.165) is 11.3 Å². The molecule has 1 aromatic carbocycles. The number of carbonyl (C=O) groups is 2. The minimum absolute atomic E-state index is 0.00374. The van der Waals surface area contributed by atoms with Crippen LogP contribution in [-0.2, 0) is 11.3 Å². The van der Waals surface area contributed by atoms with E-state index in [9.17, 15) is 27.9 Å². The second-order valence-electron chi connectivity index (χ2n) is 10.1. The van der Waals surface area contributed by atoms with E-state index in [0.29, 0.717) is 71.6 Å². The summed E-state index contributed by atoms with van der Waals surface area (Å²) in [5, 5.41) is 12.4. The number of aliphatic carboxylic acids is 1. The lowest BCUT2D eigenvalue weighted by Gasteiger charge is -2.30. The van der Waals surface area contributed by atoms with E-state index < -0.39 is 24.1 Å². The topological polar surface area (TPSA) is 121 Å². The number of ether oxygens (including phenoxy) is 1. The molecule has 2 fully saturated rings. The molecule has 0 aliphatic carbocycles. The van der Waals surface area contributed by atoms with E-state index in [4.69, 9.17) is 16.3 Å². The maximum Gasteiger partial charge on any atom is 0.404 e. The largest absolute Gasteiger partial charge is 0.495 e. The molecular formula is C27H28ClF3N6O4S. The van der Waals surface area contributed by atoms with Crippen LogP contribution >= 0.6 is 22.9 Å². The Kier molecular flexibility index (Phi) is 8.85. The fourth-order valence-electron chi connectivity index (χ4n) is 5.24. The summed E-state index contributed by atoms with van der Waals surface area (Å²) in [6.45, 7) is 1.33. The van der Waals surface area contributed by atoms with Gasteiger partial charge in [-0.3, -0.25) is 19.8 Å². The minimum atomic E-state index is -4.35. The zero-order valence-corrected chi connectivity index (χ0v) is 24.1. The van der Waals surface area contributed by atoms with Crippen molar-refractivity contribution in [2.45, 2.75) is 44.4 Å². The number of carboxylic acids is 1. The lowest BCUT2D eigenvalue weighted by atomic mass is 9.97. The number of aromatic nitrogens is 3. The van der Waals surface area contributed by atoms with Crippen molar-refractivity contribution in [2.24, 2.45) is 5.92 Å². The normalized spacial score (nSPS) is 18.3. The molecule has 2 N–H and O–H groups in total. The first-order valence-electron chi connectivity index (χ1n) is 13.3. The Labute approximate surface area is 248 Å². The van der Waals surface area contributed by atoms with Crippen molar-refractivity contribution in [1.82, 2.24) is 19.9 Å². The molecule has 2 aliphatic rings. The Morgan fingerprint density at radius 3 is 2.55 bits per heavy atom. The predicted molar refractivity (Wildman–Crippen MR) is 151 cm³/mol. The molecule has 3 aromatic rings. The number of carbonyl (C=O) groups excluding carboxylic acids is 1. The van der Waals surface area contributed by atoms with Gasteiger partial charge in [0.05, 0.1) is 36.1 Å². The van der Waals surface area contributed by atoms with Crippen LogP contribution in [0.15, 0.2) is 30.6 Å². The third-order valence-corrected chi connectivity index (χ3v) is 8.72. The summed E-state index contributed by atoms with van der Waals surface area (Å²) in [5.74, 6) is -0.790. The first-order chi connectivity index (χ1) is 20.0. The Balaban J connectivity index is 1.35. The van der Waals surface area contributed by atoms with E-state index in [2.05, 4.69) is 20.3 Å². The molecule has 42 heavy (non-hydrogen) atoms. The Hall–Kier alpha value is -3.49. The van der Waals surface area contributed by atoms with Crippen LogP contribution < -0.4 is 15.0 Å². The fraction of sp³-hybridized carbons (Fsp3) is 0.444. The molecule has 0 bridgehead atoms. The summed E-state index contributed by atoms with van der Waals surface area (Å²) in [4.78, 5) is 41.2. The fourth-order valence-corrected chi connectivity index (χ4v) is 6.50. The molecule has 2 aromatic heterocycles. The number of piperidine rings is 1. The minimum Gasteiger partial charge on any atom is -0.495 e. The lowest BCUT2D eigenvalue weighted by molar-refractivity contribution is -0.177. The lowest BCUT2D eigenvalue weighted by Crippen LogP contribution is -2.40. The molecule has 5 rings (SSSR count). The van der Waals surface area contributed by atoms with Gasteiger partial charge in [-0.25, -0.2) is 15.0 Å². The highest BCUT2D eigenvalue weighted by atomic mass is 35.5. The van der Waals surface area contributed by atoms with Gasteiger partial charge in [-0.05, 0) is 50.4 Å². The van der Waals surface area contributed by atoms with Crippen LogP contribution in [0.2, 0.25) is 5.02 Å². The summed E-state index contributed by atoms with van der Waals surface area (Å²) in [7, 11) is 1.48. The van der Waals surface area contributed by atoms with Crippen LogP contribution in [0, 0.1) is 5.92 Å². The number of anilines is 2. The van der Waals surface area contributed by atoms with E-state index in [1.807, 2.05) is 4.90 Å². The average molecular weight is 625 g/mol. The molecule has 15 heteroatoms. The van der Waals surface area contributed by atoms with Crippen molar-refractivity contribution in [3.05, 3.63) is 46.2 Å². The van der Waals surface area contributed by atoms with Crippen molar-refractivity contribution in [3.8, 4) is 17.0 Å². The highest BCUT2D eigenvalue weighted by Crippen LogP contribution is 2.39. The summed E-state index contributed by atoms with van der Waals surface area (Å²) in [6.07, 6.45) is -0.115. The van der Waals surface area contributed by atoms with Crippen molar-refractivity contribution < 1.29 is 32.6 Å². The van der Waals surface area contributed by atoms with Gasteiger partial charge in [0.25, 0.3) is 5.91 Å². The molecular weight excluding hydrogens is 597 g/mol. The zero-order valence-electron chi connectivity index (χ0n) is 22.5. The Morgan fingerprint density at radius 1 is 1.17 bits per heavy atom. The zero-order chi connectivity index (χ0) is 30.0. The predicted octanol–water partition coefficient (Wildman–Crippen LogP) is 5.34. The summed E-state index contributed by atoms with van der Waals surface area (Å²) >= 11 is 7.41. The smallest absolute Gasteiger partial charge is 0.404 e. The number of hydrogen-bond acceptors (Lipinski definition) is 9. The van der Waals surface area contributed by atoms with Crippen molar-refractivity contribution in [3.63, 3.8) is 0 Å². The van der Waals surface area contributed by atoms with Gasteiger partial charge in [0, 0.05) is 30.1 Å². The van der Waals surface area contributed by atoms with Crippen LogP contribution in [0.25, 0.3) is 11.3 Å². The molecule has 2 saturated heterocycles. The quantitative estimate of drug-likeness (QED) is 0.342. The van der Waals surface area contributed by atoms with E-state index in [1.165, 1.54) is 24.4 Å². The molecule has 4 heterocycles. The first-order valence-corrected chi connectivity index (χ1v) is 14.5. The van der Waals surface area contributed by atoms with Gasteiger partial charge in [0.2, 0.25) is 0 Å². The van der Waals surface area contributed by atoms with Gasteiger partial charge in [0.1, 0.15) is 23.3 Å². The second-order valence-corrected chi connectivity index (χ2v) is 11.6. The molecule has 1 amide bonds. The van der Waals surface area contributed by atoms with E-state index in [1.54, 1.807) is 18.2 Å². The van der Waals surface area contributed by atoms with E-state index >= 15 is 0 Å². The van der Waals surface area contributed by atoms with Crippen LogP contribution in [0.4, 0.5) is 24.1 Å². The Bertz CT molecular complexity index is 1450. The number of halogens is 4. The van der Waals surface area contributed by atoms with Crippen LogP contribution in [0.3, 0.4) is 0 Å². The second kappa shape index (κ2) is 12.4. The van der Waals surface area contributed by atoms with Crippen LogP contribution in [0.5, 0.6) is 5.75 Å². The third kappa shape index (κ3) is 6.60. The summed E-state index contributed by atoms with van der Waals surface area (Å²) in [6, 6.07) is 3.44. The summed E-state index contributed by atoms with van der Waals surface area (Å²) < 4.78 is 46.2. The molecule has 224 valence electrons. The number of nitrogens with zero attached hydrogens (tertiary/aromatic N) is 5. The first kappa shape index (κ1) is 30.0. The number of thiazole rings is 1. The van der Waals surface area contributed by atoms with Gasteiger partial charge in [-0.1, -0.05) is 22.9 Å².